The number of aromatic nitrogens is 1. The normalized spacial score (nSPS) is 10.5. The van der Waals surface area contributed by atoms with Gasteiger partial charge in [0, 0.05) is 6.07 Å². The molecule has 9 heteroatoms. The lowest BCUT2D eigenvalue weighted by molar-refractivity contribution is -0.389. The average Bonchev–Trinajstić information content (AvgIpc) is 2.19. The summed E-state index contributed by atoms with van der Waals surface area (Å²) in [5.41, 5.74) is 3.51. The highest BCUT2D eigenvalue weighted by Crippen LogP contribution is 2.29. The zero-order chi connectivity index (χ0) is 13.2. The number of nitrogen functional groups attached to an aromatic ring is 1. The highest BCUT2D eigenvalue weighted by molar-refractivity contribution is 5.73. The van der Waals surface area contributed by atoms with E-state index in [4.69, 9.17) is 10.8 Å². The Morgan fingerprint density at radius 2 is 2.24 bits per heavy atom. The van der Waals surface area contributed by atoms with Gasteiger partial charge in [-0.25, -0.2) is 8.78 Å². The molecular weight excluding hydrogens is 240 g/mol. The number of hydrogen-bond acceptors (Lipinski definition) is 5. The average molecular weight is 247 g/mol. The second kappa shape index (κ2) is 4.68. The maximum Gasteiger partial charge on any atom is 0.364 e. The minimum Gasteiger partial charge on any atom is -0.481 e. The lowest BCUT2D eigenvalue weighted by Gasteiger charge is -2.05. The summed E-state index contributed by atoms with van der Waals surface area (Å²) in [4.78, 5) is 23.0. The predicted molar refractivity (Wildman–Crippen MR) is 51.6 cm³/mol. The Labute approximate surface area is 93.0 Å². The van der Waals surface area contributed by atoms with Gasteiger partial charge in [-0.3, -0.25) is 4.79 Å². The van der Waals surface area contributed by atoms with E-state index in [-0.39, 0.29) is 5.56 Å². The summed E-state index contributed by atoms with van der Waals surface area (Å²) in [6.45, 7) is 0. The third-order valence-electron chi connectivity index (χ3n) is 1.90. The maximum atomic E-state index is 12.5. The second-order valence-electron chi connectivity index (χ2n) is 3.07. The number of aliphatic carboxylic acids is 1. The fourth-order valence-electron chi connectivity index (χ4n) is 1.18. The smallest absolute Gasteiger partial charge is 0.364 e. The van der Waals surface area contributed by atoms with E-state index in [1.807, 2.05) is 0 Å². The third-order valence-corrected chi connectivity index (χ3v) is 1.90. The number of halogens is 2. The summed E-state index contributed by atoms with van der Waals surface area (Å²) in [5.74, 6) is -2.19. The van der Waals surface area contributed by atoms with Gasteiger partial charge < -0.3 is 21.0 Å². The zero-order valence-electron chi connectivity index (χ0n) is 8.26. The molecule has 17 heavy (non-hydrogen) atoms. The van der Waals surface area contributed by atoms with Crippen molar-refractivity contribution >= 4 is 17.5 Å². The second-order valence-corrected chi connectivity index (χ2v) is 3.07. The van der Waals surface area contributed by atoms with Gasteiger partial charge in [-0.15, -0.1) is 0 Å². The Morgan fingerprint density at radius 3 is 2.65 bits per heavy atom. The van der Waals surface area contributed by atoms with Crippen LogP contribution in [0.4, 0.5) is 20.3 Å². The molecule has 0 aromatic carbocycles. The van der Waals surface area contributed by atoms with Crippen molar-refractivity contribution in [2.45, 2.75) is 12.8 Å². The Kier molecular flexibility index (Phi) is 3.51. The molecule has 0 saturated carbocycles. The molecule has 0 fully saturated rings. The summed E-state index contributed by atoms with van der Waals surface area (Å²) in [6.07, 6.45) is -3.79. The number of alkyl halides is 2. The monoisotopic (exact) mass is 247 g/mol. The van der Waals surface area contributed by atoms with Crippen molar-refractivity contribution in [2.24, 2.45) is 0 Å². The van der Waals surface area contributed by atoms with Crippen LogP contribution in [0, 0.1) is 10.1 Å². The van der Waals surface area contributed by atoms with Crippen LogP contribution in [0.2, 0.25) is 0 Å². The van der Waals surface area contributed by atoms with E-state index in [1.165, 1.54) is 0 Å². The van der Waals surface area contributed by atoms with Crippen LogP contribution in [0.1, 0.15) is 17.7 Å². The SMILES string of the molecule is Nc1c(CC(=O)O)cc([N+](=O)[O-])nc1C(F)F. The molecule has 0 saturated heterocycles. The van der Waals surface area contributed by atoms with Gasteiger partial charge in [-0.2, -0.15) is 0 Å². The number of anilines is 1. The maximum absolute atomic E-state index is 12.5. The van der Waals surface area contributed by atoms with Crippen LogP contribution >= 0.6 is 0 Å². The van der Waals surface area contributed by atoms with Crippen LogP contribution in [0.5, 0.6) is 0 Å². The standard InChI is InChI=1S/C8H7F2N3O4/c9-8(10)7-6(11)3(2-5(14)15)1-4(12-7)13(16)17/h1,8H,2,11H2,(H,14,15). The van der Waals surface area contributed by atoms with Crippen LogP contribution < -0.4 is 5.73 Å². The first-order valence-corrected chi connectivity index (χ1v) is 4.26. The molecule has 0 aliphatic rings. The summed E-state index contributed by atoms with van der Waals surface area (Å²) in [5, 5.41) is 19.0. The first-order valence-electron chi connectivity index (χ1n) is 4.26. The van der Waals surface area contributed by atoms with Crippen LogP contribution in [0.15, 0.2) is 6.07 Å². The van der Waals surface area contributed by atoms with Crippen molar-refractivity contribution in [3.63, 3.8) is 0 Å². The fraction of sp³-hybridized carbons (Fsp3) is 0.250. The molecule has 7 nitrogen and oxygen atoms in total. The molecular formula is C8H7F2N3O4. The molecule has 0 radical (unpaired) electrons. The first kappa shape index (κ1) is 12.7. The van der Waals surface area contributed by atoms with Crippen molar-refractivity contribution in [1.82, 2.24) is 4.98 Å². The summed E-state index contributed by atoms with van der Waals surface area (Å²) in [7, 11) is 0. The van der Waals surface area contributed by atoms with E-state index < -0.39 is 40.9 Å². The number of rotatable bonds is 4. The largest absolute Gasteiger partial charge is 0.481 e. The van der Waals surface area contributed by atoms with Crippen LogP contribution in [0.3, 0.4) is 0 Å². The minimum atomic E-state index is -3.11. The van der Waals surface area contributed by atoms with Crippen molar-refractivity contribution in [1.29, 1.82) is 0 Å². The molecule has 92 valence electrons. The van der Waals surface area contributed by atoms with Crippen LogP contribution in [0.25, 0.3) is 0 Å². The first-order chi connectivity index (χ1) is 7.82. The highest BCUT2D eigenvalue weighted by atomic mass is 19.3. The summed E-state index contributed by atoms with van der Waals surface area (Å²) in [6, 6.07) is 0.773. The zero-order valence-corrected chi connectivity index (χ0v) is 8.26. The van der Waals surface area contributed by atoms with E-state index in [2.05, 4.69) is 4.98 Å². The van der Waals surface area contributed by atoms with Crippen molar-refractivity contribution in [3.05, 3.63) is 27.4 Å². The quantitative estimate of drug-likeness (QED) is 0.608. The lowest BCUT2D eigenvalue weighted by atomic mass is 10.1. The van der Waals surface area contributed by atoms with Gasteiger partial charge in [0.05, 0.1) is 12.1 Å². The van der Waals surface area contributed by atoms with Gasteiger partial charge in [-0.1, -0.05) is 0 Å². The molecule has 0 aliphatic carbocycles. The van der Waals surface area contributed by atoms with Gasteiger partial charge in [0.25, 0.3) is 0 Å². The number of nitrogens with two attached hydrogens (primary N) is 1. The number of nitrogens with zero attached hydrogens (tertiary/aromatic N) is 2. The van der Waals surface area contributed by atoms with E-state index >= 15 is 0 Å². The van der Waals surface area contributed by atoms with E-state index in [0.29, 0.717) is 0 Å². The number of pyridine rings is 1. The van der Waals surface area contributed by atoms with Crippen molar-refractivity contribution in [2.75, 3.05) is 5.73 Å². The molecule has 0 aliphatic heterocycles. The molecule has 3 N–H and O–H groups in total. The van der Waals surface area contributed by atoms with Gasteiger partial charge in [0.1, 0.15) is 0 Å². The third kappa shape index (κ3) is 2.83. The molecule has 1 aromatic heterocycles. The molecule has 1 rings (SSSR count). The number of nitro groups is 1. The number of carboxylic acids is 1. The molecule has 0 amide bonds. The minimum absolute atomic E-state index is 0.255. The predicted octanol–water partition coefficient (Wildman–Crippen LogP) is 1.14. The lowest BCUT2D eigenvalue weighted by Crippen LogP contribution is -2.09. The Bertz CT molecular complexity index is 478. The Hall–Kier alpha value is -2.32. The van der Waals surface area contributed by atoms with Crippen molar-refractivity contribution in [3.8, 4) is 0 Å². The van der Waals surface area contributed by atoms with Gasteiger partial charge in [-0.05, 0) is 15.5 Å². The van der Waals surface area contributed by atoms with Gasteiger partial charge in [0.2, 0.25) is 5.69 Å². The van der Waals surface area contributed by atoms with E-state index in [0.717, 1.165) is 6.07 Å². The molecule has 0 unspecified atom stereocenters. The van der Waals surface area contributed by atoms with E-state index in [1.54, 1.807) is 0 Å². The number of carbonyl (C=O) groups is 1. The van der Waals surface area contributed by atoms with Crippen LogP contribution in [-0.4, -0.2) is 21.0 Å². The summed E-state index contributed by atoms with van der Waals surface area (Å²) < 4.78 is 25.0. The van der Waals surface area contributed by atoms with E-state index in [9.17, 15) is 23.7 Å². The van der Waals surface area contributed by atoms with Gasteiger partial charge in [0.15, 0.2) is 0 Å². The topological polar surface area (TPSA) is 119 Å². The fourth-order valence-corrected chi connectivity index (χ4v) is 1.18. The molecule has 0 spiro atoms. The number of hydrogen-bond donors (Lipinski definition) is 2. The number of carboxylic acid groups (broad SMARTS) is 1. The van der Waals surface area contributed by atoms with Crippen LogP contribution in [-0.2, 0) is 11.2 Å². The highest BCUT2D eigenvalue weighted by Gasteiger charge is 2.26. The van der Waals surface area contributed by atoms with Crippen molar-refractivity contribution < 1.29 is 23.6 Å². The molecule has 1 heterocycles. The Morgan fingerprint density at radius 1 is 1.65 bits per heavy atom. The molecule has 1 aromatic rings. The molecule has 0 bridgehead atoms. The summed E-state index contributed by atoms with van der Waals surface area (Å²) >= 11 is 0. The van der Waals surface area contributed by atoms with Gasteiger partial charge >= 0.3 is 18.2 Å². The Balaban J connectivity index is 3.37. The molecule has 0 atom stereocenters.